The number of nitrogens with zero attached hydrogens (tertiary/aromatic N) is 1. The van der Waals surface area contributed by atoms with Gasteiger partial charge in [0.1, 0.15) is 0 Å². The second kappa shape index (κ2) is 7.94. The van der Waals surface area contributed by atoms with Gasteiger partial charge in [-0.25, -0.2) is 0 Å². The molecule has 0 radical (unpaired) electrons. The Balaban J connectivity index is 0.000000921. The van der Waals surface area contributed by atoms with Crippen molar-refractivity contribution in [3.05, 3.63) is 24.0 Å². The SMILES string of the molecule is CC.CNCc1ccc(NC(C)=O)cn1. The third kappa shape index (κ3) is 5.80. The van der Waals surface area contributed by atoms with Gasteiger partial charge in [0.05, 0.1) is 17.6 Å². The van der Waals surface area contributed by atoms with Crippen LogP contribution in [-0.2, 0) is 11.3 Å². The molecule has 0 aromatic carbocycles. The molecule has 1 rings (SSSR count). The number of hydrogen-bond acceptors (Lipinski definition) is 3. The highest BCUT2D eigenvalue weighted by Crippen LogP contribution is 2.05. The van der Waals surface area contributed by atoms with Crippen LogP contribution in [0.4, 0.5) is 5.69 Å². The summed E-state index contributed by atoms with van der Waals surface area (Å²) in [6.45, 7) is 6.21. The molecule has 1 amide bonds. The minimum absolute atomic E-state index is 0.0804. The van der Waals surface area contributed by atoms with Crippen LogP contribution in [0.3, 0.4) is 0 Å². The zero-order valence-electron chi connectivity index (χ0n) is 9.79. The molecule has 0 bridgehead atoms. The fourth-order valence-electron chi connectivity index (χ4n) is 0.987. The second-order valence-corrected chi connectivity index (χ2v) is 2.75. The van der Waals surface area contributed by atoms with E-state index in [1.54, 1.807) is 6.20 Å². The largest absolute Gasteiger partial charge is 0.325 e. The minimum atomic E-state index is -0.0804. The summed E-state index contributed by atoms with van der Waals surface area (Å²) in [7, 11) is 1.86. The lowest BCUT2D eigenvalue weighted by atomic mass is 10.3. The summed E-state index contributed by atoms with van der Waals surface area (Å²) in [5.41, 5.74) is 1.68. The molecular formula is C11H19N3O. The second-order valence-electron chi connectivity index (χ2n) is 2.75. The molecule has 0 aliphatic rings. The fourth-order valence-corrected chi connectivity index (χ4v) is 0.987. The van der Waals surface area contributed by atoms with E-state index in [0.29, 0.717) is 0 Å². The van der Waals surface area contributed by atoms with Gasteiger partial charge in [-0.3, -0.25) is 9.78 Å². The van der Waals surface area contributed by atoms with Crippen LogP contribution in [0.5, 0.6) is 0 Å². The van der Waals surface area contributed by atoms with E-state index in [2.05, 4.69) is 15.6 Å². The third-order valence-corrected chi connectivity index (χ3v) is 1.50. The molecule has 0 spiro atoms. The summed E-state index contributed by atoms with van der Waals surface area (Å²) < 4.78 is 0. The van der Waals surface area contributed by atoms with Crippen molar-refractivity contribution in [1.29, 1.82) is 0 Å². The number of amides is 1. The monoisotopic (exact) mass is 209 g/mol. The van der Waals surface area contributed by atoms with Crippen LogP contribution in [0.2, 0.25) is 0 Å². The van der Waals surface area contributed by atoms with Crippen molar-refractivity contribution in [2.75, 3.05) is 12.4 Å². The Kier molecular flexibility index (Phi) is 7.18. The van der Waals surface area contributed by atoms with Crippen molar-refractivity contribution in [3.8, 4) is 0 Å². The first-order valence-electron chi connectivity index (χ1n) is 5.09. The van der Waals surface area contributed by atoms with E-state index < -0.39 is 0 Å². The van der Waals surface area contributed by atoms with Crippen molar-refractivity contribution in [3.63, 3.8) is 0 Å². The van der Waals surface area contributed by atoms with Crippen LogP contribution in [0, 0.1) is 0 Å². The number of nitrogens with one attached hydrogen (secondary N) is 2. The van der Waals surface area contributed by atoms with Crippen molar-refractivity contribution >= 4 is 11.6 Å². The molecule has 2 N–H and O–H groups in total. The molecule has 0 aliphatic carbocycles. The molecule has 84 valence electrons. The number of aromatic nitrogens is 1. The van der Waals surface area contributed by atoms with E-state index in [-0.39, 0.29) is 5.91 Å². The van der Waals surface area contributed by atoms with Crippen LogP contribution >= 0.6 is 0 Å². The average Bonchev–Trinajstić information content (AvgIpc) is 2.24. The first-order valence-corrected chi connectivity index (χ1v) is 5.09. The highest BCUT2D eigenvalue weighted by Gasteiger charge is 1.96. The Bertz CT molecular complexity index is 282. The topological polar surface area (TPSA) is 54.0 Å². The maximum Gasteiger partial charge on any atom is 0.221 e. The number of carbonyl (C=O) groups is 1. The molecule has 4 nitrogen and oxygen atoms in total. The zero-order valence-corrected chi connectivity index (χ0v) is 9.79. The van der Waals surface area contributed by atoms with Gasteiger partial charge in [-0.2, -0.15) is 0 Å². The summed E-state index contributed by atoms with van der Waals surface area (Å²) in [4.78, 5) is 14.8. The number of pyridine rings is 1. The van der Waals surface area contributed by atoms with Crippen molar-refractivity contribution in [2.24, 2.45) is 0 Å². The summed E-state index contributed by atoms with van der Waals surface area (Å²) in [5.74, 6) is -0.0804. The Hall–Kier alpha value is -1.42. The summed E-state index contributed by atoms with van der Waals surface area (Å²) in [5, 5.41) is 5.65. The van der Waals surface area contributed by atoms with E-state index in [0.717, 1.165) is 17.9 Å². The van der Waals surface area contributed by atoms with E-state index in [9.17, 15) is 4.79 Å². The smallest absolute Gasteiger partial charge is 0.221 e. The predicted molar refractivity (Wildman–Crippen MR) is 62.7 cm³/mol. The molecule has 1 heterocycles. The fraction of sp³-hybridized carbons (Fsp3) is 0.455. The zero-order chi connectivity index (χ0) is 11.7. The first-order chi connectivity index (χ1) is 7.22. The van der Waals surface area contributed by atoms with Gasteiger partial charge in [0.25, 0.3) is 0 Å². The van der Waals surface area contributed by atoms with Crippen LogP contribution in [-0.4, -0.2) is 17.9 Å². The van der Waals surface area contributed by atoms with Gasteiger partial charge in [0, 0.05) is 13.5 Å². The van der Waals surface area contributed by atoms with Crippen molar-refractivity contribution < 1.29 is 4.79 Å². The van der Waals surface area contributed by atoms with Gasteiger partial charge >= 0.3 is 0 Å². The summed E-state index contributed by atoms with van der Waals surface area (Å²) in [6, 6.07) is 3.71. The van der Waals surface area contributed by atoms with Crippen molar-refractivity contribution in [1.82, 2.24) is 10.3 Å². The molecule has 0 fully saturated rings. The lowest BCUT2D eigenvalue weighted by Crippen LogP contribution is -2.09. The molecule has 0 unspecified atom stereocenters. The maximum atomic E-state index is 10.7. The normalized spacial score (nSPS) is 8.80. The van der Waals surface area contributed by atoms with E-state index in [1.165, 1.54) is 6.92 Å². The summed E-state index contributed by atoms with van der Waals surface area (Å²) >= 11 is 0. The van der Waals surface area contributed by atoms with E-state index >= 15 is 0 Å². The van der Waals surface area contributed by atoms with Crippen LogP contribution < -0.4 is 10.6 Å². The van der Waals surface area contributed by atoms with Crippen LogP contribution in [0.25, 0.3) is 0 Å². The molecule has 0 aliphatic heterocycles. The molecule has 15 heavy (non-hydrogen) atoms. The van der Waals surface area contributed by atoms with E-state index in [4.69, 9.17) is 0 Å². The number of carbonyl (C=O) groups excluding carboxylic acids is 1. The first kappa shape index (κ1) is 13.6. The Labute approximate surface area is 91.1 Å². The predicted octanol–water partition coefficient (Wildman–Crippen LogP) is 1.79. The van der Waals surface area contributed by atoms with Crippen LogP contribution in [0.15, 0.2) is 18.3 Å². The van der Waals surface area contributed by atoms with Crippen molar-refractivity contribution in [2.45, 2.75) is 27.3 Å². The minimum Gasteiger partial charge on any atom is -0.325 e. The van der Waals surface area contributed by atoms with Gasteiger partial charge in [0.15, 0.2) is 0 Å². The third-order valence-electron chi connectivity index (χ3n) is 1.50. The maximum absolute atomic E-state index is 10.7. The lowest BCUT2D eigenvalue weighted by Gasteiger charge is -2.02. The standard InChI is InChI=1S/C9H13N3O.C2H6/c1-7(13)12-9-4-3-8(5-10-2)11-6-9;1-2/h3-4,6,10H,5H2,1-2H3,(H,12,13);1-2H3. The van der Waals surface area contributed by atoms with Gasteiger partial charge in [-0.15, -0.1) is 0 Å². The van der Waals surface area contributed by atoms with Gasteiger partial charge in [-0.1, -0.05) is 13.8 Å². The number of anilines is 1. The average molecular weight is 209 g/mol. The molecule has 0 saturated heterocycles. The molecular weight excluding hydrogens is 190 g/mol. The van der Waals surface area contributed by atoms with Crippen LogP contribution in [0.1, 0.15) is 26.5 Å². The highest BCUT2D eigenvalue weighted by molar-refractivity contribution is 5.88. The number of rotatable bonds is 3. The Morgan fingerprint density at radius 1 is 1.40 bits per heavy atom. The molecule has 1 aromatic rings. The lowest BCUT2D eigenvalue weighted by molar-refractivity contribution is -0.114. The molecule has 1 aromatic heterocycles. The molecule has 0 atom stereocenters. The van der Waals surface area contributed by atoms with Gasteiger partial charge < -0.3 is 10.6 Å². The molecule has 0 saturated carbocycles. The quantitative estimate of drug-likeness (QED) is 0.798. The van der Waals surface area contributed by atoms with Gasteiger partial charge in [0.2, 0.25) is 5.91 Å². The Morgan fingerprint density at radius 2 is 2.07 bits per heavy atom. The Morgan fingerprint density at radius 3 is 2.47 bits per heavy atom. The number of hydrogen-bond donors (Lipinski definition) is 2. The van der Waals surface area contributed by atoms with E-state index in [1.807, 2.05) is 33.0 Å². The highest BCUT2D eigenvalue weighted by atomic mass is 16.1. The molecule has 4 heteroatoms. The van der Waals surface area contributed by atoms with Gasteiger partial charge in [-0.05, 0) is 19.2 Å². The summed E-state index contributed by atoms with van der Waals surface area (Å²) in [6.07, 6.45) is 1.65.